The van der Waals surface area contributed by atoms with Crippen molar-refractivity contribution in [2.45, 2.75) is 19.4 Å². The summed E-state index contributed by atoms with van der Waals surface area (Å²) in [6.45, 7) is 1.77. The minimum atomic E-state index is -0.954. The van der Waals surface area contributed by atoms with Crippen molar-refractivity contribution in [2.24, 2.45) is 0 Å². The van der Waals surface area contributed by atoms with Gasteiger partial charge >= 0.3 is 11.9 Å². The zero-order valence-electron chi connectivity index (χ0n) is 9.11. The molecule has 0 fully saturated rings. The van der Waals surface area contributed by atoms with Crippen molar-refractivity contribution in [3.05, 3.63) is 0 Å². The van der Waals surface area contributed by atoms with Gasteiger partial charge in [-0.15, -0.1) is 0 Å². The van der Waals surface area contributed by atoms with E-state index in [1.807, 2.05) is 21.1 Å². The molecule has 0 aliphatic rings. The largest absolute Gasteiger partial charge is 0.481 e. The van der Waals surface area contributed by atoms with E-state index >= 15 is 0 Å². The fourth-order valence-corrected chi connectivity index (χ4v) is 1.18. The molecule has 0 spiro atoms. The normalized spacial score (nSPS) is 13.4. The molecule has 0 radical (unpaired) electrons. The number of ether oxygens (including phenoxy) is 1. The quantitative estimate of drug-likeness (QED) is 0.509. The van der Waals surface area contributed by atoms with E-state index in [1.165, 1.54) is 6.92 Å². The predicted octanol–water partition coefficient (Wildman–Crippen LogP) is 0.0990. The summed E-state index contributed by atoms with van der Waals surface area (Å²) in [7, 11) is 5.75. The lowest BCUT2D eigenvalue weighted by Gasteiger charge is -2.28. The maximum absolute atomic E-state index is 10.7. The molecule has 0 aliphatic heterocycles. The van der Waals surface area contributed by atoms with Crippen molar-refractivity contribution < 1.29 is 23.9 Å². The average molecular weight is 204 g/mol. The van der Waals surface area contributed by atoms with Crippen LogP contribution in [0.4, 0.5) is 0 Å². The first-order valence-corrected chi connectivity index (χ1v) is 4.40. The second kappa shape index (κ2) is 4.95. The third-order valence-electron chi connectivity index (χ3n) is 1.49. The Morgan fingerprint density at radius 2 is 1.86 bits per heavy atom. The first kappa shape index (κ1) is 12.9. The summed E-state index contributed by atoms with van der Waals surface area (Å²) in [5.74, 6) is -1.39. The monoisotopic (exact) mass is 204 g/mol. The van der Waals surface area contributed by atoms with Crippen molar-refractivity contribution in [3.8, 4) is 0 Å². The van der Waals surface area contributed by atoms with Gasteiger partial charge in [-0.1, -0.05) is 0 Å². The SMILES string of the molecule is CC(=O)O[C@@H](CC(=O)O)C[N+](C)(C)C. The molecule has 0 aromatic carbocycles. The summed E-state index contributed by atoms with van der Waals surface area (Å²) in [5.41, 5.74) is 0. The lowest BCUT2D eigenvalue weighted by molar-refractivity contribution is -0.873. The van der Waals surface area contributed by atoms with Crippen LogP contribution in [-0.4, -0.2) is 55.3 Å². The number of carbonyl (C=O) groups is 2. The number of quaternary nitrogens is 1. The molecule has 14 heavy (non-hydrogen) atoms. The number of nitrogens with zero attached hydrogens (tertiary/aromatic N) is 1. The van der Waals surface area contributed by atoms with Gasteiger partial charge < -0.3 is 14.3 Å². The molecule has 1 N–H and O–H groups in total. The van der Waals surface area contributed by atoms with Gasteiger partial charge in [-0.2, -0.15) is 0 Å². The molecule has 0 aromatic heterocycles. The van der Waals surface area contributed by atoms with Crippen LogP contribution in [0.25, 0.3) is 0 Å². The van der Waals surface area contributed by atoms with E-state index < -0.39 is 18.0 Å². The summed E-state index contributed by atoms with van der Waals surface area (Å²) in [6, 6.07) is 0. The Hall–Kier alpha value is -1.10. The molecule has 0 aromatic rings. The lowest BCUT2D eigenvalue weighted by Crippen LogP contribution is -2.43. The molecule has 5 heteroatoms. The maximum Gasteiger partial charge on any atom is 0.307 e. The third-order valence-corrected chi connectivity index (χ3v) is 1.49. The number of carboxylic acids is 1. The van der Waals surface area contributed by atoms with E-state index in [0.717, 1.165) is 0 Å². The van der Waals surface area contributed by atoms with Crippen LogP contribution in [0.1, 0.15) is 13.3 Å². The number of carbonyl (C=O) groups excluding carboxylic acids is 1. The molecular weight excluding hydrogens is 186 g/mol. The molecular formula is C9H18NO4+. The minimum absolute atomic E-state index is 0.144. The highest BCUT2D eigenvalue weighted by Gasteiger charge is 2.23. The van der Waals surface area contributed by atoms with Crippen molar-refractivity contribution >= 4 is 11.9 Å². The molecule has 0 amide bonds. The highest BCUT2D eigenvalue weighted by molar-refractivity contribution is 5.69. The maximum atomic E-state index is 10.7. The lowest BCUT2D eigenvalue weighted by atomic mass is 10.2. The Kier molecular flexibility index (Phi) is 4.56. The summed E-state index contributed by atoms with van der Waals surface area (Å²) in [5, 5.41) is 8.60. The van der Waals surface area contributed by atoms with E-state index in [-0.39, 0.29) is 6.42 Å². The van der Waals surface area contributed by atoms with Gasteiger partial charge in [-0.05, 0) is 0 Å². The third kappa shape index (κ3) is 7.54. The summed E-state index contributed by atoms with van der Waals surface area (Å²) in [4.78, 5) is 21.2. The molecule has 0 rings (SSSR count). The smallest absolute Gasteiger partial charge is 0.307 e. The van der Waals surface area contributed by atoms with Gasteiger partial charge in [0.05, 0.1) is 27.6 Å². The highest BCUT2D eigenvalue weighted by atomic mass is 16.5. The molecule has 0 saturated heterocycles. The Morgan fingerprint density at radius 1 is 1.36 bits per heavy atom. The van der Waals surface area contributed by atoms with Crippen LogP contribution in [-0.2, 0) is 14.3 Å². The summed E-state index contributed by atoms with van der Waals surface area (Å²) >= 11 is 0. The Bertz CT molecular complexity index is 203. The highest BCUT2D eigenvalue weighted by Crippen LogP contribution is 2.04. The van der Waals surface area contributed by atoms with Crippen LogP contribution < -0.4 is 0 Å². The predicted molar refractivity (Wildman–Crippen MR) is 50.7 cm³/mol. The van der Waals surface area contributed by atoms with E-state index in [0.29, 0.717) is 11.0 Å². The van der Waals surface area contributed by atoms with Crippen LogP contribution in [0, 0.1) is 0 Å². The number of aliphatic carboxylic acids is 1. The molecule has 5 nitrogen and oxygen atoms in total. The number of rotatable bonds is 5. The minimum Gasteiger partial charge on any atom is -0.481 e. The molecule has 0 unspecified atom stereocenters. The van der Waals surface area contributed by atoms with Gasteiger partial charge in [0.1, 0.15) is 6.54 Å². The van der Waals surface area contributed by atoms with Gasteiger partial charge in [0.25, 0.3) is 0 Å². The number of esters is 1. The van der Waals surface area contributed by atoms with Crippen LogP contribution in [0.3, 0.4) is 0 Å². The van der Waals surface area contributed by atoms with E-state index in [9.17, 15) is 9.59 Å². The Labute approximate surface area is 83.9 Å². The van der Waals surface area contributed by atoms with Crippen molar-refractivity contribution in [1.29, 1.82) is 0 Å². The van der Waals surface area contributed by atoms with Crippen molar-refractivity contribution in [3.63, 3.8) is 0 Å². The van der Waals surface area contributed by atoms with E-state index in [2.05, 4.69) is 0 Å². The van der Waals surface area contributed by atoms with Crippen LogP contribution in [0.2, 0.25) is 0 Å². The van der Waals surface area contributed by atoms with Gasteiger partial charge in [0.2, 0.25) is 0 Å². The van der Waals surface area contributed by atoms with Gasteiger partial charge in [0.15, 0.2) is 6.10 Å². The average Bonchev–Trinajstić information content (AvgIpc) is 1.77. The Morgan fingerprint density at radius 3 is 2.14 bits per heavy atom. The Balaban J connectivity index is 4.24. The molecule has 0 bridgehead atoms. The molecule has 82 valence electrons. The van der Waals surface area contributed by atoms with E-state index in [1.54, 1.807) is 0 Å². The molecule has 0 aliphatic carbocycles. The molecule has 1 atom stereocenters. The number of hydrogen-bond donors (Lipinski definition) is 1. The fraction of sp³-hybridized carbons (Fsp3) is 0.778. The summed E-state index contributed by atoms with van der Waals surface area (Å²) in [6.07, 6.45) is -0.695. The molecule has 0 saturated carbocycles. The van der Waals surface area contributed by atoms with Crippen LogP contribution in [0.5, 0.6) is 0 Å². The van der Waals surface area contributed by atoms with Gasteiger partial charge in [0, 0.05) is 6.92 Å². The van der Waals surface area contributed by atoms with Crippen LogP contribution >= 0.6 is 0 Å². The second-order valence-corrected chi connectivity index (χ2v) is 4.30. The standard InChI is InChI=1S/C9H17NO4/c1-7(11)14-8(5-9(12)13)6-10(2,3)4/h8H,5-6H2,1-4H3/p+1/t8-/m0/s1. The van der Waals surface area contributed by atoms with Crippen molar-refractivity contribution in [1.82, 2.24) is 0 Å². The summed E-state index contributed by atoms with van der Waals surface area (Å²) < 4.78 is 5.46. The number of carboxylic acid groups (broad SMARTS) is 1. The van der Waals surface area contributed by atoms with Gasteiger partial charge in [-0.3, -0.25) is 9.59 Å². The van der Waals surface area contributed by atoms with Crippen molar-refractivity contribution in [2.75, 3.05) is 27.7 Å². The van der Waals surface area contributed by atoms with Gasteiger partial charge in [-0.25, -0.2) is 0 Å². The number of hydrogen-bond acceptors (Lipinski definition) is 3. The first-order valence-electron chi connectivity index (χ1n) is 4.40. The molecule has 0 heterocycles. The first-order chi connectivity index (χ1) is 6.20. The zero-order valence-corrected chi connectivity index (χ0v) is 9.11. The van der Waals surface area contributed by atoms with Crippen LogP contribution in [0.15, 0.2) is 0 Å². The zero-order chi connectivity index (χ0) is 11.4. The topological polar surface area (TPSA) is 63.6 Å². The number of likely N-dealkylation sites (N-methyl/N-ethyl adjacent to an activating group) is 1. The fourth-order valence-electron chi connectivity index (χ4n) is 1.18. The van der Waals surface area contributed by atoms with E-state index in [4.69, 9.17) is 9.84 Å². The second-order valence-electron chi connectivity index (χ2n) is 4.30.